The number of anilines is 2. The molecule has 1 amide bonds. The summed E-state index contributed by atoms with van der Waals surface area (Å²) in [6.07, 6.45) is 1.56. The lowest BCUT2D eigenvalue weighted by atomic mass is 10.2. The van der Waals surface area contributed by atoms with Crippen LogP contribution in [-0.2, 0) is 9.53 Å². The van der Waals surface area contributed by atoms with Crippen molar-refractivity contribution in [2.75, 3.05) is 23.9 Å². The minimum atomic E-state index is -0.469. The van der Waals surface area contributed by atoms with Crippen LogP contribution in [0.2, 0.25) is 0 Å². The van der Waals surface area contributed by atoms with Crippen molar-refractivity contribution >= 4 is 45.3 Å². The molecule has 3 heterocycles. The molecule has 134 valence electrons. The molecule has 2 aromatic heterocycles. The van der Waals surface area contributed by atoms with Gasteiger partial charge in [0, 0.05) is 6.54 Å². The Hall–Kier alpha value is -2.87. The third kappa shape index (κ3) is 2.92. The molecule has 1 fully saturated rings. The van der Waals surface area contributed by atoms with E-state index in [4.69, 9.17) is 9.15 Å². The number of ether oxygens (including phenoxy) is 1. The van der Waals surface area contributed by atoms with Crippen LogP contribution in [0.25, 0.3) is 11.1 Å². The first-order valence-electron chi connectivity index (χ1n) is 8.26. The Morgan fingerprint density at radius 3 is 3.00 bits per heavy atom. The van der Waals surface area contributed by atoms with Gasteiger partial charge in [-0.2, -0.15) is 4.98 Å². The van der Waals surface area contributed by atoms with Crippen LogP contribution in [-0.4, -0.2) is 36.6 Å². The summed E-state index contributed by atoms with van der Waals surface area (Å²) in [6.45, 7) is 0.694. The van der Waals surface area contributed by atoms with Crippen molar-refractivity contribution in [1.82, 2.24) is 4.98 Å². The Kier molecular flexibility index (Phi) is 4.34. The van der Waals surface area contributed by atoms with E-state index in [2.05, 4.69) is 10.3 Å². The molecular weight excluding hydrogens is 354 g/mol. The molecule has 1 aliphatic rings. The predicted molar refractivity (Wildman–Crippen MR) is 98.7 cm³/mol. The number of aromatic nitrogens is 1. The number of methoxy groups -OCH3 is 1. The minimum Gasteiger partial charge on any atom is -0.465 e. The molecule has 0 bridgehead atoms. The van der Waals surface area contributed by atoms with Crippen LogP contribution in [0.5, 0.6) is 0 Å². The highest BCUT2D eigenvalue weighted by molar-refractivity contribution is 7.14. The Labute approximate surface area is 153 Å². The Morgan fingerprint density at radius 2 is 2.19 bits per heavy atom. The molecular formula is C18H17N3O4S. The fourth-order valence-electron chi connectivity index (χ4n) is 3.12. The summed E-state index contributed by atoms with van der Waals surface area (Å²) in [5.41, 5.74) is 1.82. The highest BCUT2D eigenvalue weighted by atomic mass is 32.1. The Bertz CT molecular complexity index is 931. The molecule has 1 aromatic carbocycles. The lowest BCUT2D eigenvalue weighted by molar-refractivity contribution is -0.117. The number of hydrogen-bond donors (Lipinski definition) is 1. The van der Waals surface area contributed by atoms with Gasteiger partial charge in [0.05, 0.1) is 12.7 Å². The van der Waals surface area contributed by atoms with Gasteiger partial charge in [0.1, 0.15) is 16.6 Å². The van der Waals surface area contributed by atoms with E-state index in [1.54, 1.807) is 11.4 Å². The zero-order valence-electron chi connectivity index (χ0n) is 14.1. The molecule has 1 unspecified atom stereocenters. The van der Waals surface area contributed by atoms with Crippen molar-refractivity contribution < 1.29 is 18.7 Å². The fourth-order valence-corrected chi connectivity index (χ4v) is 3.90. The average molecular weight is 371 g/mol. The summed E-state index contributed by atoms with van der Waals surface area (Å²) in [5.74, 6) is -0.652. The zero-order valence-corrected chi connectivity index (χ0v) is 14.9. The van der Waals surface area contributed by atoms with Crippen molar-refractivity contribution in [3.63, 3.8) is 0 Å². The van der Waals surface area contributed by atoms with Crippen molar-refractivity contribution in [3.8, 4) is 0 Å². The van der Waals surface area contributed by atoms with E-state index in [0.29, 0.717) is 35.1 Å². The van der Waals surface area contributed by atoms with E-state index in [-0.39, 0.29) is 5.91 Å². The van der Waals surface area contributed by atoms with Crippen LogP contribution in [0.1, 0.15) is 23.2 Å². The number of carbonyl (C=O) groups excluding carboxylic acids is 2. The quantitative estimate of drug-likeness (QED) is 0.709. The first-order valence-corrected chi connectivity index (χ1v) is 9.14. The van der Waals surface area contributed by atoms with Gasteiger partial charge in [-0.1, -0.05) is 12.1 Å². The molecule has 1 N–H and O–H groups in total. The largest absolute Gasteiger partial charge is 0.465 e. The standard InChI is InChI=1S/C18H17N3O4S/c1-24-17(23)11-8-10-26-16(11)20-15(22)13-6-4-9-21(13)18-19-12-5-2-3-7-14(12)25-18/h2-3,5,7-8,10,13H,4,6,9H2,1H3,(H,20,22). The van der Waals surface area contributed by atoms with Crippen LogP contribution < -0.4 is 10.2 Å². The number of para-hydroxylation sites is 2. The number of nitrogens with zero attached hydrogens (tertiary/aromatic N) is 2. The number of fused-ring (bicyclic) bond motifs is 1. The summed E-state index contributed by atoms with van der Waals surface area (Å²) in [7, 11) is 1.32. The molecule has 0 aliphatic carbocycles. The molecule has 0 saturated carbocycles. The average Bonchev–Trinajstić information content (AvgIpc) is 3.38. The van der Waals surface area contributed by atoms with Crippen LogP contribution in [0.15, 0.2) is 40.1 Å². The van der Waals surface area contributed by atoms with E-state index in [9.17, 15) is 9.59 Å². The number of oxazole rings is 1. The van der Waals surface area contributed by atoms with Gasteiger partial charge in [-0.05, 0) is 36.4 Å². The predicted octanol–water partition coefficient (Wildman–Crippen LogP) is 3.28. The van der Waals surface area contributed by atoms with Crippen molar-refractivity contribution in [2.45, 2.75) is 18.9 Å². The summed E-state index contributed by atoms with van der Waals surface area (Å²) in [4.78, 5) is 31.0. The highest BCUT2D eigenvalue weighted by Gasteiger charge is 2.34. The summed E-state index contributed by atoms with van der Waals surface area (Å²) in [6, 6.07) is 9.20. The SMILES string of the molecule is COC(=O)c1ccsc1NC(=O)C1CCCN1c1nc2ccccc2o1. The summed E-state index contributed by atoms with van der Waals surface area (Å²) < 4.78 is 10.6. The molecule has 8 heteroatoms. The lowest BCUT2D eigenvalue weighted by Crippen LogP contribution is -2.40. The molecule has 1 saturated heterocycles. The number of hydrogen-bond acceptors (Lipinski definition) is 7. The molecule has 1 atom stereocenters. The monoisotopic (exact) mass is 371 g/mol. The summed E-state index contributed by atoms with van der Waals surface area (Å²) in [5, 5.41) is 5.09. The first-order chi connectivity index (χ1) is 12.7. The molecule has 4 rings (SSSR count). The second-order valence-corrected chi connectivity index (χ2v) is 6.88. The van der Waals surface area contributed by atoms with Crippen molar-refractivity contribution in [3.05, 3.63) is 41.3 Å². The van der Waals surface area contributed by atoms with Gasteiger partial charge in [-0.3, -0.25) is 4.79 Å². The molecule has 3 aromatic rings. The maximum Gasteiger partial charge on any atom is 0.340 e. The van der Waals surface area contributed by atoms with Gasteiger partial charge in [0.2, 0.25) is 5.91 Å². The van der Waals surface area contributed by atoms with E-state index in [0.717, 1.165) is 11.9 Å². The van der Waals surface area contributed by atoms with Gasteiger partial charge in [-0.25, -0.2) is 4.79 Å². The van der Waals surface area contributed by atoms with Crippen LogP contribution in [0.4, 0.5) is 11.0 Å². The maximum absolute atomic E-state index is 12.8. The topological polar surface area (TPSA) is 84.7 Å². The normalized spacial score (nSPS) is 16.8. The molecule has 1 aliphatic heterocycles. The van der Waals surface area contributed by atoms with Gasteiger partial charge in [0.25, 0.3) is 6.01 Å². The van der Waals surface area contributed by atoms with Crippen molar-refractivity contribution in [2.24, 2.45) is 0 Å². The number of benzene rings is 1. The van der Waals surface area contributed by atoms with Gasteiger partial charge in [-0.15, -0.1) is 11.3 Å². The third-order valence-corrected chi connectivity index (χ3v) is 5.22. The van der Waals surface area contributed by atoms with E-state index >= 15 is 0 Å². The number of amides is 1. The number of esters is 1. The van der Waals surface area contributed by atoms with Gasteiger partial charge >= 0.3 is 5.97 Å². The van der Waals surface area contributed by atoms with Crippen LogP contribution in [0, 0.1) is 0 Å². The zero-order chi connectivity index (χ0) is 18.1. The number of rotatable bonds is 4. The molecule has 26 heavy (non-hydrogen) atoms. The fraction of sp³-hybridized carbons (Fsp3) is 0.278. The first kappa shape index (κ1) is 16.6. The van der Waals surface area contributed by atoms with Gasteiger partial charge in [0.15, 0.2) is 5.58 Å². The van der Waals surface area contributed by atoms with E-state index in [1.165, 1.54) is 18.4 Å². The number of carbonyl (C=O) groups is 2. The second kappa shape index (κ2) is 6.80. The van der Waals surface area contributed by atoms with Crippen LogP contribution in [0.3, 0.4) is 0 Å². The second-order valence-electron chi connectivity index (χ2n) is 5.96. The van der Waals surface area contributed by atoms with Crippen molar-refractivity contribution in [1.29, 1.82) is 0 Å². The highest BCUT2D eigenvalue weighted by Crippen LogP contribution is 2.30. The Balaban J connectivity index is 1.55. The van der Waals surface area contributed by atoms with E-state index in [1.807, 2.05) is 29.2 Å². The molecule has 0 spiro atoms. The molecule has 0 radical (unpaired) electrons. The number of nitrogens with one attached hydrogen (secondary N) is 1. The minimum absolute atomic E-state index is 0.183. The third-order valence-electron chi connectivity index (χ3n) is 4.39. The van der Waals surface area contributed by atoms with Crippen LogP contribution >= 0.6 is 11.3 Å². The Morgan fingerprint density at radius 1 is 1.35 bits per heavy atom. The summed E-state index contributed by atoms with van der Waals surface area (Å²) >= 11 is 1.29. The number of thiophene rings is 1. The van der Waals surface area contributed by atoms with Gasteiger partial charge < -0.3 is 19.4 Å². The lowest BCUT2D eigenvalue weighted by Gasteiger charge is -2.21. The van der Waals surface area contributed by atoms with E-state index < -0.39 is 12.0 Å². The molecule has 7 nitrogen and oxygen atoms in total. The maximum atomic E-state index is 12.8. The smallest absolute Gasteiger partial charge is 0.340 e.